The molecule has 1 N–H and O–H groups in total. The summed E-state index contributed by atoms with van der Waals surface area (Å²) in [4.78, 5) is 34.8. The number of carbonyl (C=O) groups excluding carboxylic acids is 3. The van der Waals surface area contributed by atoms with Crippen molar-refractivity contribution in [1.82, 2.24) is 0 Å². The molecule has 0 aromatic carbocycles. The number of rotatable bonds is 3. The second-order valence-corrected chi connectivity index (χ2v) is 10.6. The van der Waals surface area contributed by atoms with E-state index in [4.69, 9.17) is 16.3 Å². The molecule has 0 aromatic heterocycles. The predicted molar refractivity (Wildman–Crippen MR) is 113 cm³/mol. The lowest BCUT2D eigenvalue weighted by molar-refractivity contribution is -0.174. The number of ether oxygens (including phenoxy) is 1. The smallest absolute Gasteiger partial charge is 0.303 e. The molecule has 2 saturated carbocycles. The van der Waals surface area contributed by atoms with E-state index in [1.54, 1.807) is 19.9 Å². The fraction of sp³-hybridized carbons (Fsp3) is 0.625. The van der Waals surface area contributed by atoms with E-state index in [1.807, 2.05) is 19.1 Å². The van der Waals surface area contributed by atoms with Gasteiger partial charge in [-0.15, -0.1) is 11.6 Å². The van der Waals surface area contributed by atoms with Gasteiger partial charge in [0.25, 0.3) is 0 Å². The van der Waals surface area contributed by atoms with Crippen LogP contribution in [0.2, 0.25) is 0 Å². The molecule has 4 aliphatic rings. The van der Waals surface area contributed by atoms with Crippen molar-refractivity contribution in [2.45, 2.75) is 57.2 Å². The number of hydrogen-bond donors (Lipinski definition) is 1. The lowest BCUT2D eigenvalue weighted by Crippen LogP contribution is -2.67. The maximum atomic E-state index is 16.1. The first-order valence-electron chi connectivity index (χ1n) is 10.7. The van der Waals surface area contributed by atoms with Crippen LogP contribution in [0.25, 0.3) is 0 Å². The van der Waals surface area contributed by atoms with Gasteiger partial charge in [0.05, 0.1) is 4.87 Å². The van der Waals surface area contributed by atoms with Crippen LogP contribution in [0.5, 0.6) is 0 Å². The van der Waals surface area contributed by atoms with E-state index in [1.165, 1.54) is 19.1 Å². The Bertz CT molecular complexity index is 956. The highest BCUT2D eigenvalue weighted by atomic mass is 35.5. The van der Waals surface area contributed by atoms with Crippen LogP contribution in [0.15, 0.2) is 36.0 Å². The van der Waals surface area contributed by atoms with Crippen LogP contribution in [0.3, 0.4) is 0 Å². The molecule has 31 heavy (non-hydrogen) atoms. The van der Waals surface area contributed by atoms with Gasteiger partial charge in [-0.05, 0) is 42.4 Å². The molecule has 0 bridgehead atoms. The Balaban J connectivity index is 1.80. The first kappa shape index (κ1) is 22.4. The Labute approximate surface area is 186 Å². The number of allylic oxidation sites excluding steroid dienone is 6. The predicted octanol–water partition coefficient (Wildman–Crippen LogP) is 3.49. The minimum absolute atomic E-state index is 0.108. The van der Waals surface area contributed by atoms with E-state index in [-0.39, 0.29) is 18.1 Å². The van der Waals surface area contributed by atoms with E-state index in [2.05, 4.69) is 0 Å². The van der Waals surface area contributed by atoms with Crippen molar-refractivity contribution in [3.63, 3.8) is 0 Å². The number of alkyl halides is 2. The fourth-order valence-corrected chi connectivity index (χ4v) is 7.29. The van der Waals surface area contributed by atoms with Crippen molar-refractivity contribution in [3.8, 4) is 0 Å². The fourth-order valence-electron chi connectivity index (χ4n) is 6.82. The van der Waals surface area contributed by atoms with Gasteiger partial charge in [-0.1, -0.05) is 39.0 Å². The van der Waals surface area contributed by atoms with Crippen molar-refractivity contribution < 1.29 is 28.6 Å². The lowest BCUT2D eigenvalue weighted by Gasteiger charge is -2.61. The van der Waals surface area contributed by atoms with Crippen molar-refractivity contribution in [1.29, 1.82) is 0 Å². The molecule has 0 saturated heterocycles. The van der Waals surface area contributed by atoms with E-state index in [0.29, 0.717) is 12.0 Å². The van der Waals surface area contributed by atoms with Crippen molar-refractivity contribution in [2.75, 3.05) is 6.61 Å². The monoisotopic (exact) mass is 450 g/mol. The van der Waals surface area contributed by atoms with Crippen LogP contribution < -0.4 is 0 Å². The third-order valence-electron chi connectivity index (χ3n) is 8.58. The Hall–Kier alpha value is -1.79. The third-order valence-corrected chi connectivity index (χ3v) is 9.46. The number of Topliss-reactive ketones (excluding diaryl/α,β-unsaturated/α-hetero) is 1. The summed E-state index contributed by atoms with van der Waals surface area (Å²) in [5.41, 5.74) is -3.14. The Morgan fingerprint density at radius 3 is 2.65 bits per heavy atom. The van der Waals surface area contributed by atoms with Gasteiger partial charge in [-0.25, -0.2) is 4.39 Å². The molecule has 0 radical (unpaired) electrons. The summed E-state index contributed by atoms with van der Waals surface area (Å²) >= 11 is 7.18. The third kappa shape index (κ3) is 2.67. The van der Waals surface area contributed by atoms with Crippen LogP contribution in [0, 0.1) is 28.6 Å². The number of carbonyl (C=O) groups is 3. The number of hydrogen-bond acceptors (Lipinski definition) is 5. The standard InChI is InChI=1S/C24H28ClFO5/c1-13-9-18-17-6-5-15-10-16(28)7-8-21(15,3)23(17,25)19(26)11-22(18,4)24(13,30)20(29)12-31-14(2)27/h5-8,10,13,17-19,30H,9,11-12H2,1-4H3/t13?,17-,18-,19?,21-,22-,23-,24-/m0/s1. The summed E-state index contributed by atoms with van der Waals surface area (Å²) in [6.07, 6.45) is 7.11. The van der Waals surface area contributed by atoms with Crippen LogP contribution in [-0.2, 0) is 19.1 Å². The minimum Gasteiger partial charge on any atom is -0.458 e. The maximum Gasteiger partial charge on any atom is 0.303 e. The minimum atomic E-state index is -1.83. The number of ketones is 2. The largest absolute Gasteiger partial charge is 0.458 e. The number of esters is 1. The SMILES string of the molecule is CC(=O)OCC(=O)[C@@]1(O)C(C)C[C@H]2[C@@H]3C=CC4=CC(=O)C=C[C@]4(C)[C@@]3(Cl)C(F)C[C@@]21C. The van der Waals surface area contributed by atoms with Crippen LogP contribution in [-0.4, -0.2) is 45.9 Å². The number of fused-ring (bicyclic) bond motifs is 5. The Morgan fingerprint density at radius 2 is 2.00 bits per heavy atom. The maximum absolute atomic E-state index is 16.1. The Morgan fingerprint density at radius 1 is 1.32 bits per heavy atom. The zero-order valence-corrected chi connectivity index (χ0v) is 18.9. The molecule has 0 aliphatic heterocycles. The van der Waals surface area contributed by atoms with Gasteiger partial charge < -0.3 is 9.84 Å². The molecule has 0 spiro atoms. The zero-order valence-electron chi connectivity index (χ0n) is 18.2. The normalized spacial score (nSPS) is 47.8. The Kier molecular flexibility index (Phi) is 4.95. The second-order valence-electron chi connectivity index (χ2n) is 9.99. The van der Waals surface area contributed by atoms with Crippen molar-refractivity contribution in [3.05, 3.63) is 36.0 Å². The summed E-state index contributed by atoms with van der Waals surface area (Å²) < 4.78 is 21.0. The molecule has 4 rings (SSSR count). The second kappa shape index (κ2) is 6.85. The van der Waals surface area contributed by atoms with E-state index >= 15 is 4.39 Å². The molecule has 2 fully saturated rings. The van der Waals surface area contributed by atoms with Crippen molar-refractivity contribution >= 4 is 29.1 Å². The van der Waals surface area contributed by atoms with E-state index < -0.39 is 57.7 Å². The molecule has 0 amide bonds. The molecule has 168 valence electrons. The molecular weight excluding hydrogens is 423 g/mol. The van der Waals surface area contributed by atoms with Gasteiger partial charge in [0.2, 0.25) is 5.78 Å². The topological polar surface area (TPSA) is 80.7 Å². The average Bonchev–Trinajstić information content (AvgIpc) is 2.89. The van der Waals surface area contributed by atoms with Gasteiger partial charge >= 0.3 is 5.97 Å². The van der Waals surface area contributed by atoms with Crippen molar-refractivity contribution in [2.24, 2.45) is 28.6 Å². The molecule has 2 unspecified atom stereocenters. The molecular formula is C24H28ClFO5. The van der Waals surface area contributed by atoms with Crippen LogP contribution >= 0.6 is 11.6 Å². The lowest BCUT2D eigenvalue weighted by atomic mass is 9.47. The van der Waals surface area contributed by atoms with Gasteiger partial charge in [-0.3, -0.25) is 14.4 Å². The first-order valence-corrected chi connectivity index (χ1v) is 11.1. The van der Waals surface area contributed by atoms with Crippen LogP contribution in [0.1, 0.15) is 40.5 Å². The van der Waals surface area contributed by atoms with Gasteiger partial charge in [0.1, 0.15) is 11.8 Å². The number of aliphatic hydroxyl groups is 1. The van der Waals surface area contributed by atoms with Crippen LogP contribution in [0.4, 0.5) is 4.39 Å². The quantitative estimate of drug-likeness (QED) is 0.526. The molecule has 8 atom stereocenters. The molecule has 0 aromatic rings. The molecule has 4 aliphatic carbocycles. The highest BCUT2D eigenvalue weighted by Crippen LogP contribution is 2.70. The number of halogens is 2. The highest BCUT2D eigenvalue weighted by molar-refractivity contribution is 6.26. The summed E-state index contributed by atoms with van der Waals surface area (Å²) in [6.45, 7) is 6.02. The van der Waals surface area contributed by atoms with E-state index in [9.17, 15) is 19.5 Å². The summed E-state index contributed by atoms with van der Waals surface area (Å²) in [5, 5.41) is 11.7. The van der Waals surface area contributed by atoms with E-state index in [0.717, 1.165) is 0 Å². The summed E-state index contributed by atoms with van der Waals surface area (Å²) in [7, 11) is 0. The molecule has 7 heteroatoms. The van der Waals surface area contributed by atoms with Gasteiger partial charge in [0.15, 0.2) is 12.4 Å². The summed E-state index contributed by atoms with van der Waals surface area (Å²) in [5.74, 6) is -2.56. The van der Waals surface area contributed by atoms with Gasteiger partial charge in [-0.2, -0.15) is 0 Å². The molecule has 0 heterocycles. The molecule has 5 nitrogen and oxygen atoms in total. The average molecular weight is 451 g/mol. The summed E-state index contributed by atoms with van der Waals surface area (Å²) in [6, 6.07) is 0. The zero-order chi connectivity index (χ0) is 23.0. The van der Waals surface area contributed by atoms with Gasteiger partial charge in [0, 0.05) is 23.7 Å². The highest BCUT2D eigenvalue weighted by Gasteiger charge is 2.74. The first-order chi connectivity index (χ1) is 14.3.